The van der Waals surface area contributed by atoms with Gasteiger partial charge in [0, 0.05) is 22.7 Å². The molecule has 0 saturated heterocycles. The number of anilines is 2. The van der Waals surface area contributed by atoms with Gasteiger partial charge in [-0.15, -0.1) is 11.8 Å². The minimum atomic E-state index is -0.0924. The van der Waals surface area contributed by atoms with E-state index in [1.165, 1.54) is 34.6 Å². The van der Waals surface area contributed by atoms with Gasteiger partial charge < -0.3 is 15.0 Å². The Morgan fingerprint density at radius 3 is 2.39 bits per heavy atom. The Bertz CT molecular complexity index is 1280. The predicted molar refractivity (Wildman–Crippen MR) is 150 cm³/mol. The summed E-state index contributed by atoms with van der Waals surface area (Å²) in [5.74, 6) is 0.667. The predicted octanol–water partition coefficient (Wildman–Crippen LogP) is 7.22. The molecule has 3 aromatic rings. The number of fused-ring (bicyclic) bond motifs is 2. The van der Waals surface area contributed by atoms with E-state index in [0.717, 1.165) is 23.5 Å². The molecule has 0 fully saturated rings. The largest absolute Gasteiger partial charge is 0.490 e. The van der Waals surface area contributed by atoms with Gasteiger partial charge in [-0.1, -0.05) is 45.9 Å². The Hall–Kier alpha value is -2.92. The first-order valence-corrected chi connectivity index (χ1v) is 14.0. The molecule has 1 aliphatic carbocycles. The van der Waals surface area contributed by atoms with Crippen molar-refractivity contribution in [1.29, 1.82) is 0 Å². The molecular weight excluding hydrogens is 464 g/mol. The number of hydrogen-bond acceptors (Lipinski definition) is 4. The minimum absolute atomic E-state index is 0.0924. The smallest absolute Gasteiger partial charge is 0.251 e. The van der Waals surface area contributed by atoms with Crippen LogP contribution in [0.4, 0.5) is 11.4 Å². The molecule has 0 radical (unpaired) electrons. The lowest BCUT2D eigenvalue weighted by Crippen LogP contribution is -2.35. The van der Waals surface area contributed by atoms with Crippen molar-refractivity contribution in [2.24, 2.45) is 0 Å². The number of nitrogens with one attached hydrogen (secondary N) is 1. The molecule has 0 saturated carbocycles. The maximum atomic E-state index is 12.9. The monoisotopic (exact) mass is 500 g/mol. The number of nitrogens with zero attached hydrogens (tertiary/aromatic N) is 1. The quantitative estimate of drug-likeness (QED) is 0.376. The van der Waals surface area contributed by atoms with Crippen LogP contribution in [0, 0.1) is 0 Å². The van der Waals surface area contributed by atoms with E-state index in [-0.39, 0.29) is 16.7 Å². The standard InChI is InChI=1S/C31H36N2O2S/c1-30(2)14-15-31(3,4)26-19-23(9-12-25(26)30)33-16-17-35-28-18-22(8-13-27(28)33)29(34)32-20-21-6-10-24(36-5)11-7-21/h6-13,18-19H,14-17,20H2,1-5H3,(H,32,34). The van der Waals surface area contributed by atoms with Crippen LogP contribution in [0.1, 0.15) is 67.6 Å². The zero-order valence-electron chi connectivity index (χ0n) is 22.0. The Kier molecular flexibility index (Phi) is 6.54. The SMILES string of the molecule is CSc1ccc(CNC(=O)c2ccc3c(c2)OCCN3c2ccc3c(c2)C(C)(C)CCC3(C)C)cc1. The number of hydrogen-bond donors (Lipinski definition) is 1. The van der Waals surface area contributed by atoms with E-state index in [9.17, 15) is 4.79 Å². The van der Waals surface area contributed by atoms with Crippen molar-refractivity contribution in [3.8, 4) is 5.75 Å². The van der Waals surface area contributed by atoms with Crippen molar-refractivity contribution in [3.63, 3.8) is 0 Å². The van der Waals surface area contributed by atoms with Crippen LogP contribution < -0.4 is 15.0 Å². The number of amides is 1. The molecule has 0 aromatic heterocycles. The van der Waals surface area contributed by atoms with Gasteiger partial charge >= 0.3 is 0 Å². The summed E-state index contributed by atoms with van der Waals surface area (Å²) in [4.78, 5) is 16.4. The number of ether oxygens (including phenoxy) is 1. The fraction of sp³-hybridized carbons (Fsp3) is 0.387. The normalized spacial score (nSPS) is 17.5. The van der Waals surface area contributed by atoms with Gasteiger partial charge in [-0.25, -0.2) is 0 Å². The third-order valence-electron chi connectivity index (χ3n) is 7.85. The summed E-state index contributed by atoms with van der Waals surface area (Å²) < 4.78 is 6.02. The molecule has 1 N–H and O–H groups in total. The molecule has 4 nitrogen and oxygen atoms in total. The molecule has 0 unspecified atom stereocenters. The average Bonchev–Trinajstić information content (AvgIpc) is 2.89. The maximum absolute atomic E-state index is 12.9. The number of benzene rings is 3. The van der Waals surface area contributed by atoms with Gasteiger partial charge in [0.2, 0.25) is 0 Å². The second kappa shape index (κ2) is 9.51. The molecule has 1 heterocycles. The van der Waals surface area contributed by atoms with Crippen molar-refractivity contribution >= 4 is 29.0 Å². The molecule has 188 valence electrons. The number of carbonyl (C=O) groups excluding carboxylic acids is 1. The van der Waals surface area contributed by atoms with Crippen LogP contribution in [0.25, 0.3) is 0 Å². The summed E-state index contributed by atoms with van der Waals surface area (Å²) in [6, 6.07) is 21.0. The fourth-order valence-corrected chi connectivity index (χ4v) is 5.81. The van der Waals surface area contributed by atoms with Crippen LogP contribution in [0.2, 0.25) is 0 Å². The summed E-state index contributed by atoms with van der Waals surface area (Å²) in [6.07, 6.45) is 4.46. The van der Waals surface area contributed by atoms with Crippen LogP contribution in [-0.4, -0.2) is 25.3 Å². The van der Waals surface area contributed by atoms with Crippen LogP contribution in [0.3, 0.4) is 0 Å². The van der Waals surface area contributed by atoms with E-state index in [4.69, 9.17) is 4.74 Å². The number of carbonyl (C=O) groups is 1. The summed E-state index contributed by atoms with van der Waals surface area (Å²) in [6.45, 7) is 11.3. The topological polar surface area (TPSA) is 41.6 Å². The molecular formula is C31H36N2O2S. The summed E-state index contributed by atoms with van der Waals surface area (Å²) in [5.41, 5.74) is 7.18. The lowest BCUT2D eigenvalue weighted by atomic mass is 9.63. The highest BCUT2D eigenvalue weighted by molar-refractivity contribution is 7.98. The Morgan fingerprint density at radius 2 is 1.67 bits per heavy atom. The van der Waals surface area contributed by atoms with Crippen molar-refractivity contribution in [2.75, 3.05) is 24.3 Å². The summed E-state index contributed by atoms with van der Waals surface area (Å²) in [7, 11) is 0. The lowest BCUT2D eigenvalue weighted by molar-refractivity contribution is 0.0950. The van der Waals surface area contributed by atoms with E-state index in [2.05, 4.69) is 86.6 Å². The van der Waals surface area contributed by atoms with Crippen LogP contribution in [-0.2, 0) is 17.4 Å². The molecule has 1 aliphatic heterocycles. The highest BCUT2D eigenvalue weighted by Crippen LogP contribution is 2.48. The van der Waals surface area contributed by atoms with E-state index in [1.54, 1.807) is 11.8 Å². The fourth-order valence-electron chi connectivity index (χ4n) is 5.40. The van der Waals surface area contributed by atoms with E-state index >= 15 is 0 Å². The van der Waals surface area contributed by atoms with Crippen LogP contribution >= 0.6 is 11.8 Å². The Morgan fingerprint density at radius 1 is 0.944 bits per heavy atom. The van der Waals surface area contributed by atoms with Crippen LogP contribution in [0.15, 0.2) is 65.6 Å². The summed E-state index contributed by atoms with van der Waals surface area (Å²) in [5, 5.41) is 3.04. The second-order valence-electron chi connectivity index (χ2n) is 11.2. The van der Waals surface area contributed by atoms with Gasteiger partial charge in [-0.3, -0.25) is 4.79 Å². The molecule has 0 bridgehead atoms. The molecule has 0 spiro atoms. The maximum Gasteiger partial charge on any atom is 0.251 e. The third kappa shape index (κ3) is 4.73. The molecule has 0 atom stereocenters. The lowest BCUT2D eigenvalue weighted by Gasteiger charge is -2.42. The first kappa shape index (κ1) is 24.8. The van der Waals surface area contributed by atoms with E-state index in [0.29, 0.717) is 18.7 Å². The van der Waals surface area contributed by atoms with E-state index in [1.807, 2.05) is 18.2 Å². The van der Waals surface area contributed by atoms with Crippen molar-refractivity contribution in [2.45, 2.75) is 62.8 Å². The zero-order valence-corrected chi connectivity index (χ0v) is 22.8. The molecule has 3 aromatic carbocycles. The summed E-state index contributed by atoms with van der Waals surface area (Å²) >= 11 is 1.71. The van der Waals surface area contributed by atoms with Gasteiger partial charge in [0.15, 0.2) is 0 Å². The van der Waals surface area contributed by atoms with Crippen LogP contribution in [0.5, 0.6) is 5.75 Å². The van der Waals surface area contributed by atoms with Crippen molar-refractivity contribution in [3.05, 3.63) is 82.9 Å². The molecule has 2 aliphatic rings. The van der Waals surface area contributed by atoms with Gasteiger partial charge in [-0.2, -0.15) is 0 Å². The zero-order chi connectivity index (χ0) is 25.5. The van der Waals surface area contributed by atoms with Gasteiger partial charge in [-0.05, 0) is 89.1 Å². The number of thioether (sulfide) groups is 1. The first-order valence-electron chi connectivity index (χ1n) is 12.8. The minimum Gasteiger partial charge on any atom is -0.490 e. The third-order valence-corrected chi connectivity index (χ3v) is 8.59. The van der Waals surface area contributed by atoms with Gasteiger partial charge in [0.05, 0.1) is 12.2 Å². The molecule has 1 amide bonds. The number of rotatable bonds is 5. The Balaban J connectivity index is 1.37. The van der Waals surface area contributed by atoms with Gasteiger partial charge in [0.25, 0.3) is 5.91 Å². The molecule has 5 heteroatoms. The first-order chi connectivity index (χ1) is 17.2. The highest BCUT2D eigenvalue weighted by atomic mass is 32.2. The second-order valence-corrected chi connectivity index (χ2v) is 12.1. The van der Waals surface area contributed by atoms with Crippen molar-refractivity contribution in [1.82, 2.24) is 5.32 Å². The van der Waals surface area contributed by atoms with Crippen molar-refractivity contribution < 1.29 is 9.53 Å². The van der Waals surface area contributed by atoms with Gasteiger partial charge in [0.1, 0.15) is 12.4 Å². The van der Waals surface area contributed by atoms with E-state index < -0.39 is 0 Å². The average molecular weight is 501 g/mol. The highest BCUT2D eigenvalue weighted by Gasteiger charge is 2.37. The Labute approximate surface area is 219 Å². The molecule has 36 heavy (non-hydrogen) atoms. The molecule has 5 rings (SSSR count).